The van der Waals surface area contributed by atoms with Crippen molar-refractivity contribution >= 4 is 16.0 Å². The predicted octanol–water partition coefficient (Wildman–Crippen LogP) is -0.0508. The standard InChI is InChI=1S/C13H15N3O4S/c14-9-11-1-3-12(4-2-11)21(19,20)16-7-5-15(6-8-16)10-13(17)18/h1-4H,5-8,10H2,(H,17,18). The summed E-state index contributed by atoms with van der Waals surface area (Å²) in [7, 11) is -3.59. The van der Waals surface area contributed by atoms with E-state index in [0.717, 1.165) is 0 Å². The van der Waals surface area contributed by atoms with Gasteiger partial charge in [-0.25, -0.2) is 8.42 Å². The zero-order chi connectivity index (χ0) is 15.5. The third kappa shape index (κ3) is 3.58. The normalized spacial score (nSPS) is 17.3. The third-order valence-electron chi connectivity index (χ3n) is 3.31. The highest BCUT2D eigenvalue weighted by atomic mass is 32.2. The summed E-state index contributed by atoms with van der Waals surface area (Å²) in [6.45, 7) is 1.22. The van der Waals surface area contributed by atoms with Gasteiger partial charge in [0.15, 0.2) is 0 Å². The molecule has 2 rings (SSSR count). The van der Waals surface area contributed by atoms with Crippen LogP contribution >= 0.6 is 0 Å². The Labute approximate surface area is 123 Å². The monoisotopic (exact) mass is 309 g/mol. The number of carboxylic acid groups (broad SMARTS) is 1. The molecule has 8 heteroatoms. The summed E-state index contributed by atoms with van der Waals surface area (Å²) in [6.07, 6.45) is 0. The van der Waals surface area contributed by atoms with Crippen LogP contribution in [0.25, 0.3) is 0 Å². The number of benzene rings is 1. The molecule has 112 valence electrons. The fourth-order valence-electron chi connectivity index (χ4n) is 2.17. The molecular formula is C13H15N3O4S. The maximum absolute atomic E-state index is 12.4. The molecule has 1 aromatic carbocycles. The number of sulfonamides is 1. The number of aliphatic carboxylic acids is 1. The van der Waals surface area contributed by atoms with Gasteiger partial charge >= 0.3 is 5.97 Å². The van der Waals surface area contributed by atoms with E-state index >= 15 is 0 Å². The number of carboxylic acids is 1. The van der Waals surface area contributed by atoms with Crippen LogP contribution in [0.15, 0.2) is 29.2 Å². The van der Waals surface area contributed by atoms with Crippen molar-refractivity contribution in [3.05, 3.63) is 29.8 Å². The summed E-state index contributed by atoms with van der Waals surface area (Å²) in [5.74, 6) is -0.918. The second kappa shape index (κ2) is 6.22. The van der Waals surface area contributed by atoms with E-state index < -0.39 is 16.0 Å². The number of hydrogen-bond acceptors (Lipinski definition) is 5. The van der Waals surface area contributed by atoms with E-state index in [1.54, 1.807) is 4.90 Å². The molecule has 0 unspecified atom stereocenters. The second-order valence-electron chi connectivity index (χ2n) is 4.71. The average molecular weight is 309 g/mol. The molecule has 1 heterocycles. The minimum atomic E-state index is -3.59. The SMILES string of the molecule is N#Cc1ccc(S(=O)(=O)N2CCN(CC(=O)O)CC2)cc1. The van der Waals surface area contributed by atoms with Crippen molar-refractivity contribution in [1.82, 2.24) is 9.21 Å². The zero-order valence-corrected chi connectivity index (χ0v) is 12.1. The largest absolute Gasteiger partial charge is 0.480 e. The first-order chi connectivity index (χ1) is 9.93. The maximum atomic E-state index is 12.4. The molecule has 1 fully saturated rings. The second-order valence-corrected chi connectivity index (χ2v) is 6.65. The Kier molecular flexibility index (Phi) is 4.57. The Bertz CT molecular complexity index is 656. The lowest BCUT2D eigenvalue weighted by molar-refractivity contribution is -0.138. The van der Waals surface area contributed by atoms with Crippen LogP contribution in [0.1, 0.15) is 5.56 Å². The molecule has 0 spiro atoms. The molecule has 0 atom stereocenters. The van der Waals surface area contributed by atoms with Crippen molar-refractivity contribution in [1.29, 1.82) is 5.26 Å². The van der Waals surface area contributed by atoms with Gasteiger partial charge < -0.3 is 5.11 Å². The first-order valence-electron chi connectivity index (χ1n) is 6.38. The van der Waals surface area contributed by atoms with E-state index in [1.165, 1.54) is 28.6 Å². The van der Waals surface area contributed by atoms with Gasteiger partial charge in [-0.15, -0.1) is 0 Å². The third-order valence-corrected chi connectivity index (χ3v) is 5.22. The van der Waals surface area contributed by atoms with Crippen molar-refractivity contribution in [3.8, 4) is 6.07 Å². The summed E-state index contributed by atoms with van der Waals surface area (Å²) in [5.41, 5.74) is 0.403. The van der Waals surface area contributed by atoms with Crippen LogP contribution in [0.2, 0.25) is 0 Å². The maximum Gasteiger partial charge on any atom is 0.317 e. The molecule has 1 aliphatic heterocycles. The molecule has 0 saturated carbocycles. The molecule has 1 saturated heterocycles. The van der Waals surface area contributed by atoms with E-state index in [2.05, 4.69) is 0 Å². The number of carbonyl (C=O) groups is 1. The molecule has 1 aliphatic rings. The summed E-state index contributed by atoms with van der Waals surface area (Å²) < 4.78 is 26.2. The molecule has 0 bridgehead atoms. The van der Waals surface area contributed by atoms with Gasteiger partial charge in [0, 0.05) is 26.2 Å². The molecule has 1 N–H and O–H groups in total. The first-order valence-corrected chi connectivity index (χ1v) is 7.82. The highest BCUT2D eigenvalue weighted by Crippen LogP contribution is 2.18. The van der Waals surface area contributed by atoms with Crippen LogP contribution in [0.3, 0.4) is 0 Å². The first kappa shape index (κ1) is 15.4. The molecule has 7 nitrogen and oxygen atoms in total. The van der Waals surface area contributed by atoms with Crippen molar-refractivity contribution in [2.24, 2.45) is 0 Å². The lowest BCUT2D eigenvalue weighted by atomic mass is 10.2. The average Bonchev–Trinajstić information content (AvgIpc) is 2.47. The Morgan fingerprint density at radius 2 is 1.76 bits per heavy atom. The number of piperazine rings is 1. The molecule has 0 aliphatic carbocycles. The highest BCUT2D eigenvalue weighted by molar-refractivity contribution is 7.89. The Balaban J connectivity index is 2.07. The number of hydrogen-bond donors (Lipinski definition) is 1. The van der Waals surface area contributed by atoms with E-state index in [9.17, 15) is 13.2 Å². The van der Waals surface area contributed by atoms with Crippen molar-refractivity contribution < 1.29 is 18.3 Å². The van der Waals surface area contributed by atoms with Gasteiger partial charge in [0.25, 0.3) is 0 Å². The highest BCUT2D eigenvalue weighted by Gasteiger charge is 2.28. The predicted molar refractivity (Wildman–Crippen MR) is 74.0 cm³/mol. The van der Waals surface area contributed by atoms with E-state index in [4.69, 9.17) is 10.4 Å². The van der Waals surface area contributed by atoms with Crippen molar-refractivity contribution in [3.63, 3.8) is 0 Å². The van der Waals surface area contributed by atoms with Crippen LogP contribution in [-0.4, -0.2) is 61.4 Å². The molecular weight excluding hydrogens is 294 g/mol. The number of nitriles is 1. The fraction of sp³-hybridized carbons (Fsp3) is 0.385. The Hall–Kier alpha value is -1.95. The quantitative estimate of drug-likeness (QED) is 0.836. The van der Waals surface area contributed by atoms with Gasteiger partial charge in [-0.05, 0) is 24.3 Å². The van der Waals surface area contributed by atoms with Gasteiger partial charge in [-0.1, -0.05) is 0 Å². The van der Waals surface area contributed by atoms with Crippen LogP contribution in [0.5, 0.6) is 0 Å². The van der Waals surface area contributed by atoms with Crippen LogP contribution < -0.4 is 0 Å². The molecule has 0 radical (unpaired) electrons. The van der Waals surface area contributed by atoms with E-state index in [-0.39, 0.29) is 24.5 Å². The lowest BCUT2D eigenvalue weighted by Crippen LogP contribution is -2.49. The van der Waals surface area contributed by atoms with E-state index in [0.29, 0.717) is 18.7 Å². The smallest absolute Gasteiger partial charge is 0.317 e. The minimum Gasteiger partial charge on any atom is -0.480 e. The summed E-state index contributed by atoms with van der Waals surface area (Å²) in [4.78, 5) is 12.5. The van der Waals surface area contributed by atoms with Gasteiger partial charge in [-0.2, -0.15) is 9.57 Å². The fourth-order valence-corrected chi connectivity index (χ4v) is 3.59. The summed E-state index contributed by atoms with van der Waals surface area (Å²) in [5, 5.41) is 17.4. The van der Waals surface area contributed by atoms with Gasteiger partial charge in [0.1, 0.15) is 0 Å². The Morgan fingerprint density at radius 1 is 1.19 bits per heavy atom. The van der Waals surface area contributed by atoms with Crippen LogP contribution in [0, 0.1) is 11.3 Å². The minimum absolute atomic E-state index is 0.0786. The van der Waals surface area contributed by atoms with Crippen LogP contribution in [-0.2, 0) is 14.8 Å². The zero-order valence-electron chi connectivity index (χ0n) is 11.3. The molecule has 0 amide bonds. The molecule has 0 aromatic heterocycles. The Morgan fingerprint density at radius 3 is 2.24 bits per heavy atom. The van der Waals surface area contributed by atoms with Gasteiger partial charge in [-0.3, -0.25) is 9.69 Å². The van der Waals surface area contributed by atoms with Gasteiger partial charge in [0.05, 0.1) is 23.1 Å². The number of nitrogens with zero attached hydrogens (tertiary/aromatic N) is 3. The lowest BCUT2D eigenvalue weighted by Gasteiger charge is -2.32. The van der Waals surface area contributed by atoms with Crippen molar-refractivity contribution in [2.75, 3.05) is 32.7 Å². The number of rotatable bonds is 4. The molecule has 1 aromatic rings. The van der Waals surface area contributed by atoms with Crippen molar-refractivity contribution in [2.45, 2.75) is 4.90 Å². The summed E-state index contributed by atoms with van der Waals surface area (Å²) >= 11 is 0. The summed E-state index contributed by atoms with van der Waals surface area (Å²) in [6, 6.07) is 7.70. The van der Waals surface area contributed by atoms with Gasteiger partial charge in [0.2, 0.25) is 10.0 Å². The van der Waals surface area contributed by atoms with Crippen LogP contribution in [0.4, 0.5) is 0 Å². The topological polar surface area (TPSA) is 102 Å². The van der Waals surface area contributed by atoms with E-state index in [1.807, 2.05) is 6.07 Å². The molecule has 21 heavy (non-hydrogen) atoms.